The van der Waals surface area contributed by atoms with E-state index in [4.69, 9.17) is 0 Å². The van der Waals surface area contributed by atoms with E-state index in [0.717, 1.165) is 24.2 Å². The molecule has 1 heteroatoms. The van der Waals surface area contributed by atoms with Crippen LogP contribution in [0.5, 0.6) is 0 Å². The molecule has 5 saturated carbocycles. The Bertz CT molecular complexity index is 766. The molecule has 1 nitrogen and oxygen atoms in total. The number of hydrogen-bond donors (Lipinski definition) is 0. The molecule has 0 aromatic heterocycles. The fourth-order valence-electron chi connectivity index (χ4n) is 11.1. The van der Waals surface area contributed by atoms with Gasteiger partial charge in [-0.3, -0.25) is 4.79 Å². The SMILES string of the molecule is CC1CC2C(C)(CCC3(C)C4CC(C)(C)CCC4(C)CCC23C)C2CCC(=O)C(C)C12. The molecular weight excluding hydrogens is 376 g/mol. The van der Waals surface area contributed by atoms with Crippen molar-refractivity contribution in [2.24, 2.45) is 62.6 Å². The molecular formula is C30H50O. The summed E-state index contributed by atoms with van der Waals surface area (Å²) in [7, 11) is 0. The summed E-state index contributed by atoms with van der Waals surface area (Å²) in [6, 6.07) is 0. The maximum absolute atomic E-state index is 12.7. The monoisotopic (exact) mass is 426 g/mol. The van der Waals surface area contributed by atoms with Crippen molar-refractivity contribution in [1.82, 2.24) is 0 Å². The summed E-state index contributed by atoms with van der Waals surface area (Å²) in [5, 5.41) is 0. The van der Waals surface area contributed by atoms with Gasteiger partial charge in [0.25, 0.3) is 0 Å². The maximum Gasteiger partial charge on any atom is 0.136 e. The Labute approximate surface area is 192 Å². The van der Waals surface area contributed by atoms with Crippen LogP contribution < -0.4 is 0 Å². The van der Waals surface area contributed by atoms with E-state index in [9.17, 15) is 4.79 Å². The molecule has 10 atom stereocenters. The van der Waals surface area contributed by atoms with E-state index in [1.165, 1.54) is 57.8 Å². The largest absolute Gasteiger partial charge is 0.299 e. The predicted molar refractivity (Wildman–Crippen MR) is 130 cm³/mol. The minimum Gasteiger partial charge on any atom is -0.299 e. The van der Waals surface area contributed by atoms with Gasteiger partial charge < -0.3 is 0 Å². The first-order valence-corrected chi connectivity index (χ1v) is 13.8. The van der Waals surface area contributed by atoms with Crippen LogP contribution in [0.1, 0.15) is 120 Å². The Morgan fingerprint density at radius 2 is 1.39 bits per heavy atom. The third-order valence-electron chi connectivity index (χ3n) is 13.4. The van der Waals surface area contributed by atoms with E-state index in [-0.39, 0.29) is 0 Å². The van der Waals surface area contributed by atoms with Crippen LogP contribution in [0, 0.1) is 62.6 Å². The first-order valence-electron chi connectivity index (χ1n) is 13.8. The molecule has 0 radical (unpaired) electrons. The molecule has 5 fully saturated rings. The van der Waals surface area contributed by atoms with Gasteiger partial charge in [0, 0.05) is 12.3 Å². The van der Waals surface area contributed by atoms with Crippen molar-refractivity contribution in [1.29, 1.82) is 0 Å². The topological polar surface area (TPSA) is 17.1 Å². The lowest BCUT2D eigenvalue weighted by Crippen LogP contribution is -2.67. The summed E-state index contributed by atoms with van der Waals surface area (Å²) in [6.45, 7) is 20.7. The number of ketones is 1. The molecule has 176 valence electrons. The van der Waals surface area contributed by atoms with Crippen LogP contribution in [-0.2, 0) is 4.79 Å². The number of rotatable bonds is 0. The van der Waals surface area contributed by atoms with E-state index in [0.29, 0.717) is 50.6 Å². The lowest BCUT2D eigenvalue weighted by atomic mass is 9.30. The van der Waals surface area contributed by atoms with Crippen molar-refractivity contribution in [3.8, 4) is 0 Å². The highest BCUT2D eigenvalue weighted by atomic mass is 16.1. The van der Waals surface area contributed by atoms with Crippen molar-refractivity contribution in [3.05, 3.63) is 0 Å². The zero-order chi connectivity index (χ0) is 22.6. The van der Waals surface area contributed by atoms with Crippen LogP contribution in [0.3, 0.4) is 0 Å². The van der Waals surface area contributed by atoms with Crippen molar-refractivity contribution >= 4 is 5.78 Å². The highest BCUT2D eigenvalue weighted by Gasteiger charge is 2.70. The third kappa shape index (κ3) is 2.83. The van der Waals surface area contributed by atoms with Crippen molar-refractivity contribution in [2.75, 3.05) is 0 Å². The minimum absolute atomic E-state index is 0.293. The smallest absolute Gasteiger partial charge is 0.136 e. The second-order valence-corrected chi connectivity index (χ2v) is 15.2. The summed E-state index contributed by atoms with van der Waals surface area (Å²) in [5.74, 6) is 4.68. The van der Waals surface area contributed by atoms with Gasteiger partial charge in [-0.25, -0.2) is 0 Å². The molecule has 0 spiro atoms. The lowest BCUT2D eigenvalue weighted by molar-refractivity contribution is -0.252. The summed E-state index contributed by atoms with van der Waals surface area (Å²) >= 11 is 0. The number of Topliss-reactive ketones (excluding diaryl/α,β-unsaturated/α-hetero) is 1. The van der Waals surface area contributed by atoms with Gasteiger partial charge in [0.2, 0.25) is 0 Å². The normalized spacial score (nSPS) is 58.5. The molecule has 0 aliphatic heterocycles. The van der Waals surface area contributed by atoms with Crippen molar-refractivity contribution < 1.29 is 4.79 Å². The van der Waals surface area contributed by atoms with E-state index in [1.54, 1.807) is 0 Å². The molecule has 0 aromatic rings. The van der Waals surface area contributed by atoms with Gasteiger partial charge in [-0.2, -0.15) is 0 Å². The lowest BCUT2D eigenvalue weighted by Gasteiger charge is -2.74. The molecule has 0 bridgehead atoms. The van der Waals surface area contributed by atoms with Gasteiger partial charge >= 0.3 is 0 Å². The first-order chi connectivity index (χ1) is 14.3. The van der Waals surface area contributed by atoms with Gasteiger partial charge in [-0.05, 0) is 114 Å². The number of carbonyl (C=O) groups is 1. The average Bonchev–Trinajstić information content (AvgIpc) is 2.70. The zero-order valence-electron chi connectivity index (χ0n) is 21.9. The number of fused-ring (bicyclic) bond motifs is 7. The van der Waals surface area contributed by atoms with Gasteiger partial charge in [-0.15, -0.1) is 0 Å². The Morgan fingerprint density at radius 3 is 2.10 bits per heavy atom. The average molecular weight is 427 g/mol. The Kier molecular flexibility index (Phi) is 4.80. The fourth-order valence-corrected chi connectivity index (χ4v) is 11.1. The third-order valence-corrected chi connectivity index (χ3v) is 13.4. The molecule has 31 heavy (non-hydrogen) atoms. The zero-order valence-corrected chi connectivity index (χ0v) is 21.9. The van der Waals surface area contributed by atoms with E-state index in [1.807, 2.05) is 0 Å². The molecule has 5 aliphatic carbocycles. The quantitative estimate of drug-likeness (QED) is 0.380. The van der Waals surface area contributed by atoms with Crippen LogP contribution in [0.15, 0.2) is 0 Å². The van der Waals surface area contributed by atoms with Gasteiger partial charge in [0.05, 0.1) is 0 Å². The summed E-state index contributed by atoms with van der Waals surface area (Å²) in [4.78, 5) is 12.7. The highest BCUT2D eigenvalue weighted by Crippen LogP contribution is 2.77. The minimum atomic E-state index is 0.293. The molecule has 0 aromatic carbocycles. The summed E-state index contributed by atoms with van der Waals surface area (Å²) < 4.78 is 0. The molecule has 5 aliphatic rings. The van der Waals surface area contributed by atoms with Crippen LogP contribution >= 0.6 is 0 Å². The summed E-state index contributed by atoms with van der Waals surface area (Å²) in [6.07, 6.45) is 13.4. The molecule has 5 rings (SSSR count). The maximum atomic E-state index is 12.7. The first kappa shape index (κ1) is 22.5. The van der Waals surface area contributed by atoms with Gasteiger partial charge in [0.1, 0.15) is 5.78 Å². The van der Waals surface area contributed by atoms with Crippen molar-refractivity contribution in [2.45, 2.75) is 120 Å². The molecule has 0 N–H and O–H groups in total. The Hall–Kier alpha value is -0.330. The Morgan fingerprint density at radius 1 is 0.774 bits per heavy atom. The molecule has 10 unspecified atom stereocenters. The second kappa shape index (κ2) is 6.63. The second-order valence-electron chi connectivity index (χ2n) is 15.2. The standard InChI is InChI=1S/C30H50O/c1-19-17-23-28(6,21-9-10-22(31)20(2)25(19)21)14-16-30(8)24-18-26(3,4)11-12-27(24,5)13-15-29(23,30)7/h19-21,23-25H,9-18H2,1-8H3. The fraction of sp³-hybridized carbons (Fsp3) is 0.967. The van der Waals surface area contributed by atoms with Gasteiger partial charge in [-0.1, -0.05) is 55.4 Å². The van der Waals surface area contributed by atoms with Crippen LogP contribution in [0.25, 0.3) is 0 Å². The van der Waals surface area contributed by atoms with E-state index < -0.39 is 0 Å². The number of carbonyl (C=O) groups excluding carboxylic acids is 1. The van der Waals surface area contributed by atoms with Crippen LogP contribution in [-0.4, -0.2) is 5.78 Å². The van der Waals surface area contributed by atoms with E-state index in [2.05, 4.69) is 55.4 Å². The van der Waals surface area contributed by atoms with Crippen molar-refractivity contribution in [3.63, 3.8) is 0 Å². The molecule has 0 heterocycles. The summed E-state index contributed by atoms with van der Waals surface area (Å²) in [5.41, 5.74) is 2.45. The predicted octanol–water partition coefficient (Wildman–Crippen LogP) is 8.31. The van der Waals surface area contributed by atoms with Gasteiger partial charge in [0.15, 0.2) is 0 Å². The van der Waals surface area contributed by atoms with Crippen LogP contribution in [0.2, 0.25) is 0 Å². The molecule has 0 amide bonds. The van der Waals surface area contributed by atoms with Crippen LogP contribution in [0.4, 0.5) is 0 Å². The number of hydrogen-bond acceptors (Lipinski definition) is 1. The molecule has 0 saturated heterocycles. The Balaban J connectivity index is 1.55. The van der Waals surface area contributed by atoms with E-state index >= 15 is 0 Å². The highest BCUT2D eigenvalue weighted by molar-refractivity contribution is 5.81.